The van der Waals surface area contributed by atoms with Gasteiger partial charge >= 0.3 is 49.8 Å². The minimum atomic E-state index is -2.71. The molecule has 1 heterocycles. The third kappa shape index (κ3) is 25.1. The van der Waals surface area contributed by atoms with Crippen LogP contribution in [0, 0.1) is 0 Å². The molecule has 0 aliphatic rings. The maximum atomic E-state index is 13.6. The average Bonchev–Trinajstić information content (AvgIpc) is 3.27. The van der Waals surface area contributed by atoms with E-state index in [-0.39, 0.29) is 38.3 Å². The minimum absolute atomic E-state index is 0.139. The monoisotopic (exact) mass is 925 g/mol. The molecule has 18 nitrogen and oxygen atoms in total. The average molecular weight is 926 g/mol. The van der Waals surface area contributed by atoms with Gasteiger partial charge in [0, 0.05) is 83.3 Å². The van der Waals surface area contributed by atoms with Crippen LogP contribution in [0.15, 0.2) is 39.7 Å². The molecule has 64 heavy (non-hydrogen) atoms. The van der Waals surface area contributed by atoms with Crippen LogP contribution in [0.4, 0.5) is 0 Å². The summed E-state index contributed by atoms with van der Waals surface area (Å²) in [6, 6.07) is 0.686. The number of aromatic nitrogens is 3. The summed E-state index contributed by atoms with van der Waals surface area (Å²) in [4.78, 5) is 99.1. The summed E-state index contributed by atoms with van der Waals surface area (Å²) in [5.74, 6) is -2.13. The largest absolute Gasteiger partial charge is 0.500 e. The Morgan fingerprint density at radius 2 is 0.766 bits per heavy atom. The molecule has 1 aromatic rings. The number of esters is 4. The molecule has 0 aliphatic carbocycles. The fourth-order valence-corrected chi connectivity index (χ4v) is 9.56. The third-order valence-electron chi connectivity index (χ3n) is 10.2. The Hall–Kier alpha value is -4.46. The number of ketones is 1. The fraction of sp³-hybridized carbons (Fsp3) is 0.733. The Kier molecular flexibility index (Phi) is 32.2. The quantitative estimate of drug-likeness (QED) is 0.0227. The highest BCUT2D eigenvalue weighted by Gasteiger charge is 2.39. The molecule has 0 aromatic carbocycles. The highest BCUT2D eigenvalue weighted by atomic mass is 28.4. The zero-order valence-electron chi connectivity index (χ0n) is 38.7. The van der Waals surface area contributed by atoms with Gasteiger partial charge < -0.3 is 32.2 Å². The van der Waals surface area contributed by atoms with Crippen molar-refractivity contribution in [3.8, 4) is 0 Å². The molecule has 1 rings (SSSR count). The van der Waals surface area contributed by atoms with Gasteiger partial charge in [-0.25, -0.2) is 37.7 Å². The molecule has 0 saturated carbocycles. The van der Waals surface area contributed by atoms with Crippen LogP contribution in [0.3, 0.4) is 0 Å². The van der Waals surface area contributed by atoms with E-state index in [0.717, 1.165) is 77.2 Å². The van der Waals surface area contributed by atoms with Crippen LogP contribution in [-0.4, -0.2) is 85.6 Å². The third-order valence-corrected chi connectivity index (χ3v) is 13.4. The van der Waals surface area contributed by atoms with Crippen LogP contribution in [-0.2, 0) is 75.8 Å². The Morgan fingerprint density at radius 3 is 1.11 bits per heavy atom. The molecular formula is C45H75N3O15Si. The molecule has 0 N–H and O–H groups in total. The van der Waals surface area contributed by atoms with Crippen molar-refractivity contribution in [2.75, 3.05) is 33.4 Å². The normalized spacial score (nSPS) is 11.2. The van der Waals surface area contributed by atoms with Crippen LogP contribution < -0.4 is 17.1 Å². The number of ether oxygens (including phenoxy) is 4. The van der Waals surface area contributed by atoms with Crippen LogP contribution in [0.25, 0.3) is 0 Å². The number of carbonyl (C=O) groups excluding carboxylic acids is 5. The van der Waals surface area contributed by atoms with E-state index in [2.05, 4.69) is 22.6 Å². The van der Waals surface area contributed by atoms with E-state index in [1.807, 2.05) is 20.8 Å². The summed E-state index contributed by atoms with van der Waals surface area (Å²) in [6.45, 7) is 13.4. The first-order valence-corrected chi connectivity index (χ1v) is 25.1. The van der Waals surface area contributed by atoms with Crippen molar-refractivity contribution in [2.24, 2.45) is 0 Å². The van der Waals surface area contributed by atoms with E-state index < -0.39 is 63.3 Å². The lowest BCUT2D eigenvalue weighted by atomic mass is 10.1. The van der Waals surface area contributed by atoms with Crippen molar-refractivity contribution in [1.29, 1.82) is 0 Å². The van der Waals surface area contributed by atoms with Gasteiger partial charge in [-0.2, -0.15) is 0 Å². The number of Topliss-reactive ketones (excluding diaryl/α,β-unsaturated/α-hetero) is 1. The van der Waals surface area contributed by atoms with Gasteiger partial charge in [-0.3, -0.25) is 14.4 Å². The molecule has 0 unspecified atom stereocenters. The van der Waals surface area contributed by atoms with E-state index in [0.29, 0.717) is 96.5 Å². The molecular weight excluding hydrogens is 851 g/mol. The lowest BCUT2D eigenvalue weighted by Gasteiger charge is -2.28. The fourth-order valence-electron chi connectivity index (χ4n) is 6.88. The molecule has 0 fully saturated rings. The standard InChI is InChI=1S/C45H75N3O15Si/c1-6-39(50)57-36-59-41(52)30-21-15-12-18-25-33-47-43(54)46(44(55)48(45(47)56)34-26-19-13-16-22-31-42(53)60-37-58-40(51)7-2)32-24-17-11-14-20-28-38(49)29-23-27-35-64(61-8-3,62-9-4)63-10-5/h6-7H,1-2,8-37H2,3-5H3. The molecule has 0 radical (unpaired) electrons. The molecule has 19 heteroatoms. The number of carbonyl (C=O) groups is 5. The summed E-state index contributed by atoms with van der Waals surface area (Å²) in [6.07, 6.45) is 15.0. The van der Waals surface area contributed by atoms with Crippen molar-refractivity contribution in [1.82, 2.24) is 13.7 Å². The van der Waals surface area contributed by atoms with Gasteiger partial charge in [-0.05, 0) is 72.1 Å². The van der Waals surface area contributed by atoms with Gasteiger partial charge in [0.15, 0.2) is 0 Å². The second-order valence-electron chi connectivity index (χ2n) is 15.2. The van der Waals surface area contributed by atoms with E-state index >= 15 is 0 Å². The van der Waals surface area contributed by atoms with Crippen LogP contribution in [0.2, 0.25) is 6.04 Å². The van der Waals surface area contributed by atoms with Gasteiger partial charge in [0.05, 0.1) is 0 Å². The lowest BCUT2D eigenvalue weighted by molar-refractivity contribution is -0.165. The highest BCUT2D eigenvalue weighted by Crippen LogP contribution is 2.20. The summed E-state index contributed by atoms with van der Waals surface area (Å²) >= 11 is 0. The van der Waals surface area contributed by atoms with E-state index in [1.165, 1.54) is 0 Å². The predicted molar refractivity (Wildman–Crippen MR) is 241 cm³/mol. The van der Waals surface area contributed by atoms with Crippen LogP contribution >= 0.6 is 0 Å². The molecule has 0 spiro atoms. The smallest absolute Gasteiger partial charge is 0.428 e. The first-order valence-electron chi connectivity index (χ1n) is 23.2. The van der Waals surface area contributed by atoms with Gasteiger partial charge in [0.1, 0.15) is 5.78 Å². The number of unbranched alkanes of at least 4 members (excludes halogenated alkanes) is 13. The van der Waals surface area contributed by atoms with E-state index in [1.54, 1.807) is 0 Å². The van der Waals surface area contributed by atoms with Crippen LogP contribution in [0.5, 0.6) is 0 Å². The first kappa shape index (κ1) is 57.6. The van der Waals surface area contributed by atoms with Gasteiger partial charge in [0.2, 0.25) is 13.6 Å². The molecule has 0 saturated heterocycles. The van der Waals surface area contributed by atoms with Crippen molar-refractivity contribution in [3.05, 3.63) is 56.8 Å². The summed E-state index contributed by atoms with van der Waals surface area (Å²) in [5, 5.41) is 0. The molecule has 0 atom stereocenters. The van der Waals surface area contributed by atoms with Crippen molar-refractivity contribution >= 4 is 38.5 Å². The maximum Gasteiger partial charge on any atom is 0.500 e. The molecule has 0 amide bonds. The van der Waals surface area contributed by atoms with Gasteiger partial charge in [0.25, 0.3) is 0 Å². The zero-order valence-corrected chi connectivity index (χ0v) is 39.7. The number of hydrogen-bond donors (Lipinski definition) is 0. The van der Waals surface area contributed by atoms with Crippen LogP contribution in [0.1, 0.15) is 156 Å². The summed E-state index contributed by atoms with van der Waals surface area (Å²) in [7, 11) is -2.71. The summed E-state index contributed by atoms with van der Waals surface area (Å²) in [5.41, 5.74) is -1.91. The van der Waals surface area contributed by atoms with Gasteiger partial charge in [-0.15, -0.1) is 0 Å². The highest BCUT2D eigenvalue weighted by molar-refractivity contribution is 6.60. The summed E-state index contributed by atoms with van der Waals surface area (Å²) < 4.78 is 40.1. The zero-order chi connectivity index (χ0) is 47.4. The SMILES string of the molecule is C=CC(=O)OCOC(=O)CCCCCCCn1c(=O)n(CCCCCCCC(=O)CCCC[Si](OCC)(OCC)OCC)c(=O)n(CCCCCCCC(=O)OCOC(=O)C=C)c1=O. The van der Waals surface area contributed by atoms with Gasteiger partial charge in [-0.1, -0.05) is 70.9 Å². The molecule has 0 aliphatic heterocycles. The lowest BCUT2D eigenvalue weighted by Crippen LogP contribution is -2.54. The van der Waals surface area contributed by atoms with E-state index in [9.17, 15) is 38.4 Å². The maximum absolute atomic E-state index is 13.6. The second kappa shape index (κ2) is 35.8. The Balaban J connectivity index is 2.71. The number of nitrogens with zero attached hydrogens (tertiary/aromatic N) is 3. The second-order valence-corrected chi connectivity index (χ2v) is 17.9. The van der Waals surface area contributed by atoms with Crippen molar-refractivity contribution in [2.45, 2.75) is 181 Å². The van der Waals surface area contributed by atoms with Crippen molar-refractivity contribution in [3.63, 3.8) is 0 Å². The number of rotatable bonds is 41. The Labute approximate surface area is 379 Å². The Bertz CT molecular complexity index is 1630. The predicted octanol–water partition coefficient (Wildman–Crippen LogP) is 6.44. The molecule has 0 bridgehead atoms. The molecule has 364 valence electrons. The topological polar surface area (TPSA) is 216 Å². The number of hydrogen-bond acceptors (Lipinski definition) is 15. The van der Waals surface area contributed by atoms with E-state index in [4.69, 9.17) is 22.8 Å². The first-order chi connectivity index (χ1) is 30.9. The minimum Gasteiger partial charge on any atom is -0.428 e. The molecule has 1 aromatic heterocycles. The Morgan fingerprint density at radius 1 is 0.453 bits per heavy atom. The van der Waals surface area contributed by atoms with Crippen molar-refractivity contribution < 1.29 is 56.2 Å².